The van der Waals surface area contributed by atoms with Gasteiger partial charge in [-0.15, -0.1) is 0 Å². The molecule has 4 N–H and O–H groups in total. The van der Waals surface area contributed by atoms with Crippen LogP contribution in [0.5, 0.6) is 11.5 Å². The summed E-state index contributed by atoms with van der Waals surface area (Å²) in [6.45, 7) is 2.26. The number of carboxylic acids is 1. The number of ether oxygens (including phenoxy) is 2. The molecule has 5 rings (SSSR count). The second kappa shape index (κ2) is 12.1. The van der Waals surface area contributed by atoms with E-state index in [1.165, 1.54) is 19.2 Å². The monoisotopic (exact) mass is 581 g/mol. The quantitative estimate of drug-likeness (QED) is 0.325. The number of hydrogen-bond donors (Lipinski definition) is 4. The van der Waals surface area contributed by atoms with Gasteiger partial charge in [0, 0.05) is 24.1 Å². The molecule has 0 saturated heterocycles. The lowest BCUT2D eigenvalue weighted by Gasteiger charge is -2.34. The number of nitriles is 1. The third kappa shape index (κ3) is 5.81. The largest absolute Gasteiger partial charge is 0.496 e. The molecule has 0 aliphatic heterocycles. The molecule has 4 aliphatic carbocycles. The van der Waals surface area contributed by atoms with E-state index in [9.17, 15) is 29.9 Å². The summed E-state index contributed by atoms with van der Waals surface area (Å²) in [4.78, 5) is 38.9. The van der Waals surface area contributed by atoms with E-state index in [4.69, 9.17) is 9.47 Å². The molecule has 2 amide bonds. The van der Waals surface area contributed by atoms with E-state index in [1.807, 2.05) is 0 Å². The molecule has 1 aromatic rings. The minimum absolute atomic E-state index is 0.0614. The highest BCUT2D eigenvalue weighted by Gasteiger charge is 2.52. The zero-order chi connectivity index (χ0) is 30.1. The summed E-state index contributed by atoms with van der Waals surface area (Å²) in [5.41, 5.74) is -0.577. The van der Waals surface area contributed by atoms with Gasteiger partial charge in [-0.25, -0.2) is 0 Å². The van der Waals surface area contributed by atoms with Gasteiger partial charge in [0.05, 0.1) is 42.3 Å². The van der Waals surface area contributed by atoms with Gasteiger partial charge in [-0.05, 0) is 82.6 Å². The second-order valence-corrected chi connectivity index (χ2v) is 13.3. The first kappa shape index (κ1) is 30.1. The summed E-state index contributed by atoms with van der Waals surface area (Å²) in [6.07, 6.45) is 8.45. The van der Waals surface area contributed by atoms with Crippen LogP contribution in [0.25, 0.3) is 0 Å². The standard InChI is InChI=1S/C32H43N3O7/c1-31(30(39)40)11-7-22(8-12-31)42-24-15-23(25(41-2)14-21(24)16-33)28(37)35-27-20-6-5-19(13-20)26(27)29(38)34-17-32(18-36)9-3-4-10-32/h14-15,19-20,22,26-27,36H,3-13,17-18H2,1-2H3,(H,34,38)(H,35,37)(H,39,40)/t19-,20+,22-,26+,27-,31+/m1/s1. The molecule has 0 spiro atoms. The molecule has 4 fully saturated rings. The summed E-state index contributed by atoms with van der Waals surface area (Å²) < 4.78 is 11.7. The maximum atomic E-state index is 13.7. The third-order valence-electron chi connectivity index (χ3n) is 10.7. The van der Waals surface area contributed by atoms with Crippen LogP contribution in [0, 0.1) is 39.9 Å². The smallest absolute Gasteiger partial charge is 0.309 e. The fraction of sp³-hybridized carbons (Fsp3) is 0.688. The van der Waals surface area contributed by atoms with Gasteiger partial charge in [0.1, 0.15) is 17.6 Å². The van der Waals surface area contributed by atoms with E-state index in [0.717, 1.165) is 44.9 Å². The number of nitrogens with one attached hydrogen (secondary N) is 2. The van der Waals surface area contributed by atoms with Crippen LogP contribution in [0.2, 0.25) is 0 Å². The summed E-state index contributed by atoms with van der Waals surface area (Å²) >= 11 is 0. The van der Waals surface area contributed by atoms with Crippen molar-refractivity contribution in [2.24, 2.45) is 28.6 Å². The fourth-order valence-corrected chi connectivity index (χ4v) is 7.84. The van der Waals surface area contributed by atoms with E-state index in [-0.39, 0.29) is 76.4 Å². The summed E-state index contributed by atoms with van der Waals surface area (Å²) in [5, 5.41) is 35.6. The number of carbonyl (C=O) groups excluding carboxylic acids is 2. The zero-order valence-electron chi connectivity index (χ0n) is 24.6. The van der Waals surface area contributed by atoms with Crippen molar-refractivity contribution >= 4 is 17.8 Å². The summed E-state index contributed by atoms with van der Waals surface area (Å²) in [6, 6.07) is 4.83. The Bertz CT molecular complexity index is 1240. The number of methoxy groups -OCH3 is 1. The molecule has 10 heteroatoms. The van der Waals surface area contributed by atoms with Crippen LogP contribution < -0.4 is 20.1 Å². The van der Waals surface area contributed by atoms with Crippen LogP contribution in [0.3, 0.4) is 0 Å². The van der Waals surface area contributed by atoms with Gasteiger partial charge in [0.2, 0.25) is 5.91 Å². The number of nitrogens with zero attached hydrogens (tertiary/aromatic N) is 1. The van der Waals surface area contributed by atoms with Crippen LogP contribution in [0.4, 0.5) is 0 Å². The molecular formula is C32H43N3O7. The normalized spacial score (nSPS) is 31.2. The number of carboxylic acid groups (broad SMARTS) is 1. The van der Waals surface area contributed by atoms with E-state index in [1.54, 1.807) is 6.92 Å². The van der Waals surface area contributed by atoms with Crippen molar-refractivity contribution in [1.82, 2.24) is 10.6 Å². The zero-order valence-corrected chi connectivity index (χ0v) is 24.6. The van der Waals surface area contributed by atoms with Gasteiger partial charge in [0.25, 0.3) is 5.91 Å². The van der Waals surface area contributed by atoms with E-state index in [2.05, 4.69) is 16.7 Å². The molecule has 4 saturated carbocycles. The average Bonchev–Trinajstić information content (AvgIpc) is 3.74. The third-order valence-corrected chi connectivity index (χ3v) is 10.7. The van der Waals surface area contributed by atoms with Crippen molar-refractivity contribution in [3.8, 4) is 17.6 Å². The summed E-state index contributed by atoms with van der Waals surface area (Å²) in [7, 11) is 1.44. The Morgan fingerprint density at radius 1 is 1.05 bits per heavy atom. The van der Waals surface area contributed by atoms with E-state index >= 15 is 0 Å². The minimum Gasteiger partial charge on any atom is -0.496 e. The minimum atomic E-state index is -0.818. The molecule has 42 heavy (non-hydrogen) atoms. The first-order valence-corrected chi connectivity index (χ1v) is 15.3. The van der Waals surface area contributed by atoms with Crippen molar-refractivity contribution in [3.63, 3.8) is 0 Å². The lowest BCUT2D eigenvalue weighted by molar-refractivity contribution is -0.150. The molecule has 0 aromatic heterocycles. The fourth-order valence-electron chi connectivity index (χ4n) is 7.84. The molecule has 10 nitrogen and oxygen atoms in total. The number of amides is 2. The molecule has 0 radical (unpaired) electrons. The second-order valence-electron chi connectivity index (χ2n) is 13.3. The average molecular weight is 582 g/mol. The molecule has 2 bridgehead atoms. The molecule has 0 unspecified atom stereocenters. The lowest BCUT2D eigenvalue weighted by atomic mass is 9.75. The number of rotatable bonds is 10. The predicted octanol–water partition coefficient (Wildman–Crippen LogP) is 3.79. The lowest BCUT2D eigenvalue weighted by Crippen LogP contribution is -2.51. The van der Waals surface area contributed by atoms with E-state index in [0.29, 0.717) is 32.2 Å². The first-order valence-electron chi connectivity index (χ1n) is 15.3. The Morgan fingerprint density at radius 3 is 2.36 bits per heavy atom. The van der Waals surface area contributed by atoms with Crippen molar-refractivity contribution in [2.75, 3.05) is 20.3 Å². The number of aliphatic hydroxyl groups is 1. The highest BCUT2D eigenvalue weighted by Crippen LogP contribution is 2.49. The van der Waals surface area contributed by atoms with Crippen LogP contribution in [-0.2, 0) is 9.59 Å². The number of aliphatic carboxylic acids is 1. The van der Waals surface area contributed by atoms with Gasteiger partial charge >= 0.3 is 5.97 Å². The SMILES string of the molecule is COc1cc(C#N)c(O[C@H]2CC[C@@](C)(C(=O)O)CC2)cc1C(=O)N[C@@H]1[C@H]2CC[C@H](C2)[C@@H]1C(=O)NCC1(CO)CCCC1. The van der Waals surface area contributed by atoms with Crippen molar-refractivity contribution in [3.05, 3.63) is 23.3 Å². The number of carbonyl (C=O) groups is 3. The number of fused-ring (bicyclic) bond motifs is 2. The van der Waals surface area contributed by atoms with Gasteiger partial charge in [-0.3, -0.25) is 14.4 Å². The van der Waals surface area contributed by atoms with Crippen LogP contribution in [0.1, 0.15) is 93.5 Å². The Kier molecular flexibility index (Phi) is 8.70. The Balaban J connectivity index is 1.30. The van der Waals surface area contributed by atoms with Crippen LogP contribution >= 0.6 is 0 Å². The van der Waals surface area contributed by atoms with Crippen LogP contribution in [0.15, 0.2) is 12.1 Å². The molecule has 0 heterocycles. The highest BCUT2D eigenvalue weighted by molar-refractivity contribution is 5.98. The summed E-state index contributed by atoms with van der Waals surface area (Å²) in [5.74, 6) is -0.682. The Hall–Kier alpha value is -3.32. The molecule has 4 atom stereocenters. The highest BCUT2D eigenvalue weighted by atomic mass is 16.5. The van der Waals surface area contributed by atoms with Crippen molar-refractivity contribution < 1.29 is 34.1 Å². The predicted molar refractivity (Wildman–Crippen MR) is 153 cm³/mol. The van der Waals surface area contributed by atoms with Gasteiger partial charge < -0.3 is 30.3 Å². The van der Waals surface area contributed by atoms with Gasteiger partial charge in [-0.2, -0.15) is 5.26 Å². The number of hydrogen-bond acceptors (Lipinski definition) is 7. The van der Waals surface area contributed by atoms with Gasteiger partial charge in [0.15, 0.2) is 0 Å². The molecular weight excluding hydrogens is 538 g/mol. The van der Waals surface area contributed by atoms with Crippen LogP contribution in [-0.4, -0.2) is 60.4 Å². The number of benzene rings is 1. The first-order chi connectivity index (χ1) is 20.1. The Morgan fingerprint density at radius 2 is 1.74 bits per heavy atom. The molecule has 4 aliphatic rings. The number of aliphatic hydroxyl groups excluding tert-OH is 1. The maximum absolute atomic E-state index is 13.7. The maximum Gasteiger partial charge on any atom is 0.309 e. The van der Waals surface area contributed by atoms with Crippen molar-refractivity contribution in [2.45, 2.75) is 89.7 Å². The van der Waals surface area contributed by atoms with Gasteiger partial charge in [-0.1, -0.05) is 12.8 Å². The Labute approximate surface area is 247 Å². The topological polar surface area (TPSA) is 158 Å². The van der Waals surface area contributed by atoms with E-state index < -0.39 is 11.4 Å². The van der Waals surface area contributed by atoms with Crippen molar-refractivity contribution in [1.29, 1.82) is 5.26 Å². The molecule has 228 valence electrons. The molecule has 1 aromatic carbocycles.